The highest BCUT2D eigenvalue weighted by atomic mass is 16.2. The Labute approximate surface area is 92.5 Å². The number of amides is 1. The number of hydrogen-bond acceptors (Lipinski definition) is 2. The van der Waals surface area contributed by atoms with Crippen molar-refractivity contribution < 1.29 is 4.79 Å². The lowest BCUT2D eigenvalue weighted by molar-refractivity contribution is -0.135. The standard InChI is InChI=1S/C12H22N2O/c1-6-7-14-10(15)8-11(2,3)13-9-12(14,4)5/h6,13H,1,7-9H2,2-5H3. The van der Waals surface area contributed by atoms with E-state index in [1.165, 1.54) is 0 Å². The predicted molar refractivity (Wildman–Crippen MR) is 62.7 cm³/mol. The molecule has 0 saturated carbocycles. The zero-order chi connectivity index (χ0) is 11.7. The smallest absolute Gasteiger partial charge is 0.225 e. The first-order valence-corrected chi connectivity index (χ1v) is 5.45. The van der Waals surface area contributed by atoms with Gasteiger partial charge in [0.1, 0.15) is 0 Å². The summed E-state index contributed by atoms with van der Waals surface area (Å²) in [6.07, 6.45) is 2.34. The summed E-state index contributed by atoms with van der Waals surface area (Å²) < 4.78 is 0. The molecule has 86 valence electrons. The van der Waals surface area contributed by atoms with E-state index in [2.05, 4.69) is 39.6 Å². The molecule has 1 fully saturated rings. The van der Waals surface area contributed by atoms with Crippen molar-refractivity contribution in [2.45, 2.75) is 45.2 Å². The van der Waals surface area contributed by atoms with E-state index in [9.17, 15) is 4.79 Å². The highest BCUT2D eigenvalue weighted by molar-refractivity contribution is 5.78. The maximum atomic E-state index is 12.1. The third kappa shape index (κ3) is 2.81. The van der Waals surface area contributed by atoms with Crippen LogP contribution in [0.1, 0.15) is 34.1 Å². The van der Waals surface area contributed by atoms with Gasteiger partial charge in [0, 0.05) is 25.0 Å². The average Bonchev–Trinajstić information content (AvgIpc) is 2.16. The van der Waals surface area contributed by atoms with Crippen LogP contribution in [-0.2, 0) is 4.79 Å². The molecule has 1 aliphatic heterocycles. The van der Waals surface area contributed by atoms with Crippen molar-refractivity contribution in [3.63, 3.8) is 0 Å². The normalized spacial score (nSPS) is 24.8. The van der Waals surface area contributed by atoms with Gasteiger partial charge in [-0.3, -0.25) is 4.79 Å². The van der Waals surface area contributed by atoms with Crippen LogP contribution in [0.3, 0.4) is 0 Å². The van der Waals surface area contributed by atoms with Gasteiger partial charge in [-0.15, -0.1) is 6.58 Å². The van der Waals surface area contributed by atoms with Crippen LogP contribution in [0, 0.1) is 0 Å². The molecule has 0 unspecified atom stereocenters. The summed E-state index contributed by atoms with van der Waals surface area (Å²) in [5.74, 6) is 0.204. The van der Waals surface area contributed by atoms with Crippen LogP contribution >= 0.6 is 0 Å². The van der Waals surface area contributed by atoms with Gasteiger partial charge >= 0.3 is 0 Å². The fourth-order valence-electron chi connectivity index (χ4n) is 1.90. The molecule has 1 saturated heterocycles. The minimum absolute atomic E-state index is 0.107. The molecule has 3 heteroatoms. The van der Waals surface area contributed by atoms with Gasteiger partial charge in [0.15, 0.2) is 0 Å². The van der Waals surface area contributed by atoms with E-state index in [-0.39, 0.29) is 17.0 Å². The third-order valence-electron chi connectivity index (χ3n) is 2.94. The first kappa shape index (κ1) is 12.2. The van der Waals surface area contributed by atoms with E-state index < -0.39 is 0 Å². The van der Waals surface area contributed by atoms with Crippen molar-refractivity contribution in [2.24, 2.45) is 0 Å². The molecule has 0 bridgehead atoms. The first-order valence-electron chi connectivity index (χ1n) is 5.45. The molecule has 0 atom stereocenters. The van der Waals surface area contributed by atoms with Crippen LogP contribution in [0.2, 0.25) is 0 Å². The molecule has 0 aromatic rings. The molecule has 0 radical (unpaired) electrons. The molecule has 1 aliphatic rings. The summed E-state index contributed by atoms with van der Waals surface area (Å²) in [6, 6.07) is 0. The largest absolute Gasteiger partial charge is 0.333 e. The number of rotatable bonds is 2. The molecule has 1 amide bonds. The minimum Gasteiger partial charge on any atom is -0.333 e. The zero-order valence-electron chi connectivity index (χ0n) is 10.3. The van der Waals surface area contributed by atoms with Crippen LogP contribution in [0.4, 0.5) is 0 Å². The predicted octanol–water partition coefficient (Wildman–Crippen LogP) is 1.55. The highest BCUT2D eigenvalue weighted by Crippen LogP contribution is 2.23. The van der Waals surface area contributed by atoms with Crippen LogP contribution in [0.25, 0.3) is 0 Å². The SMILES string of the molecule is C=CCN1C(=O)CC(C)(C)NCC1(C)C. The number of carbonyl (C=O) groups is 1. The van der Waals surface area contributed by atoms with Crippen molar-refractivity contribution >= 4 is 5.91 Å². The maximum Gasteiger partial charge on any atom is 0.225 e. The summed E-state index contributed by atoms with van der Waals surface area (Å²) >= 11 is 0. The average molecular weight is 210 g/mol. The Morgan fingerprint density at radius 1 is 1.47 bits per heavy atom. The Bertz CT molecular complexity index is 269. The van der Waals surface area contributed by atoms with Crippen molar-refractivity contribution in [3.05, 3.63) is 12.7 Å². The Morgan fingerprint density at radius 2 is 2.07 bits per heavy atom. The second kappa shape index (κ2) is 3.97. The molecule has 0 aliphatic carbocycles. The van der Waals surface area contributed by atoms with Crippen LogP contribution in [0.5, 0.6) is 0 Å². The van der Waals surface area contributed by atoms with Gasteiger partial charge in [0.2, 0.25) is 5.91 Å². The summed E-state index contributed by atoms with van der Waals surface area (Å²) in [5, 5.41) is 3.43. The number of carbonyl (C=O) groups excluding carboxylic acids is 1. The topological polar surface area (TPSA) is 32.3 Å². The second-order valence-electron chi connectivity index (χ2n) is 5.52. The first-order chi connectivity index (χ1) is 6.78. The van der Waals surface area contributed by atoms with Crippen LogP contribution < -0.4 is 5.32 Å². The highest BCUT2D eigenvalue weighted by Gasteiger charge is 2.37. The molecular formula is C12H22N2O. The van der Waals surface area contributed by atoms with Gasteiger partial charge in [-0.25, -0.2) is 0 Å². The Morgan fingerprint density at radius 3 is 2.60 bits per heavy atom. The molecule has 1 heterocycles. The lowest BCUT2D eigenvalue weighted by Crippen LogP contribution is -2.51. The van der Waals surface area contributed by atoms with Gasteiger partial charge in [0.05, 0.1) is 5.54 Å². The number of nitrogens with one attached hydrogen (secondary N) is 1. The Balaban J connectivity index is 2.92. The van der Waals surface area contributed by atoms with Crippen molar-refractivity contribution in [2.75, 3.05) is 13.1 Å². The van der Waals surface area contributed by atoms with Crippen LogP contribution in [-0.4, -0.2) is 35.0 Å². The van der Waals surface area contributed by atoms with Crippen molar-refractivity contribution in [1.82, 2.24) is 10.2 Å². The summed E-state index contributed by atoms with van der Waals surface area (Å²) in [7, 11) is 0. The van der Waals surface area contributed by atoms with Gasteiger partial charge in [-0.05, 0) is 27.7 Å². The van der Waals surface area contributed by atoms with Crippen molar-refractivity contribution in [1.29, 1.82) is 0 Å². The molecular weight excluding hydrogens is 188 g/mol. The summed E-state index contributed by atoms with van der Waals surface area (Å²) in [6.45, 7) is 13.5. The van der Waals surface area contributed by atoms with E-state index in [1.807, 2.05) is 4.90 Å². The Kier molecular flexibility index (Phi) is 3.24. The van der Waals surface area contributed by atoms with Gasteiger partial charge < -0.3 is 10.2 Å². The second-order valence-corrected chi connectivity index (χ2v) is 5.52. The molecule has 0 aromatic heterocycles. The molecule has 1 rings (SSSR count). The fourth-order valence-corrected chi connectivity index (χ4v) is 1.90. The van der Waals surface area contributed by atoms with Crippen molar-refractivity contribution in [3.8, 4) is 0 Å². The van der Waals surface area contributed by atoms with Crippen LogP contribution in [0.15, 0.2) is 12.7 Å². The van der Waals surface area contributed by atoms with E-state index in [4.69, 9.17) is 0 Å². The van der Waals surface area contributed by atoms with E-state index in [1.54, 1.807) is 6.08 Å². The van der Waals surface area contributed by atoms with Gasteiger partial charge in [-0.1, -0.05) is 6.08 Å². The number of hydrogen-bond donors (Lipinski definition) is 1. The third-order valence-corrected chi connectivity index (χ3v) is 2.94. The zero-order valence-corrected chi connectivity index (χ0v) is 10.3. The maximum absolute atomic E-state index is 12.1. The summed E-state index contributed by atoms with van der Waals surface area (Å²) in [4.78, 5) is 14.0. The molecule has 0 spiro atoms. The lowest BCUT2D eigenvalue weighted by Gasteiger charge is -2.36. The molecule has 3 nitrogen and oxygen atoms in total. The lowest BCUT2D eigenvalue weighted by atomic mass is 10.0. The van der Waals surface area contributed by atoms with E-state index in [0.29, 0.717) is 13.0 Å². The molecule has 0 aromatic carbocycles. The van der Waals surface area contributed by atoms with E-state index in [0.717, 1.165) is 6.54 Å². The monoisotopic (exact) mass is 210 g/mol. The van der Waals surface area contributed by atoms with E-state index >= 15 is 0 Å². The molecule has 1 N–H and O–H groups in total. The van der Waals surface area contributed by atoms with Gasteiger partial charge in [0.25, 0.3) is 0 Å². The molecule has 15 heavy (non-hydrogen) atoms. The fraction of sp³-hybridized carbons (Fsp3) is 0.750. The quantitative estimate of drug-likeness (QED) is 0.701. The number of nitrogens with zero attached hydrogens (tertiary/aromatic N) is 1. The minimum atomic E-state index is -0.140. The van der Waals surface area contributed by atoms with Gasteiger partial charge in [-0.2, -0.15) is 0 Å². The Hall–Kier alpha value is -0.830. The summed E-state index contributed by atoms with van der Waals surface area (Å²) in [5.41, 5.74) is -0.247.